The van der Waals surface area contributed by atoms with Crippen LogP contribution in [-0.4, -0.2) is 33.8 Å². The van der Waals surface area contributed by atoms with Crippen LogP contribution < -0.4 is 5.32 Å². The number of aliphatic hydroxyl groups is 1. The molecule has 1 rings (SSSR count). The van der Waals surface area contributed by atoms with Crippen LogP contribution in [-0.2, 0) is 0 Å². The average Bonchev–Trinajstić information content (AvgIpc) is 2.17. The maximum absolute atomic E-state index is 10.8. The van der Waals surface area contributed by atoms with Crippen molar-refractivity contribution in [3.8, 4) is 0 Å². The number of nitrogens with zero attached hydrogens (tertiary/aromatic N) is 1. The Labute approximate surface area is 87.8 Å². The highest BCUT2D eigenvalue weighted by Gasteiger charge is 2.09. The van der Waals surface area contributed by atoms with Crippen molar-refractivity contribution in [2.75, 3.05) is 11.9 Å². The van der Waals surface area contributed by atoms with Crippen LogP contribution in [0.3, 0.4) is 0 Å². The zero-order chi connectivity index (χ0) is 11.3. The van der Waals surface area contributed by atoms with Crippen LogP contribution >= 0.6 is 0 Å². The van der Waals surface area contributed by atoms with Crippen molar-refractivity contribution < 1.29 is 15.0 Å². The number of carbonyl (C=O) groups is 1. The molecule has 82 valence electrons. The molecular formula is C10H14N2O3. The summed E-state index contributed by atoms with van der Waals surface area (Å²) in [5.74, 6) is -0.673. The number of rotatable bonds is 5. The lowest BCUT2D eigenvalue weighted by molar-refractivity contribution is 0.0697. The molecule has 0 saturated heterocycles. The summed E-state index contributed by atoms with van der Waals surface area (Å²) in [5.41, 5.74) is 0.142. The Balaban J connectivity index is 2.63. The van der Waals surface area contributed by atoms with E-state index in [4.69, 9.17) is 10.2 Å². The highest BCUT2D eigenvalue weighted by atomic mass is 16.4. The Morgan fingerprint density at radius 3 is 3.00 bits per heavy atom. The minimum atomic E-state index is -1.01. The molecular weight excluding hydrogens is 196 g/mol. The average molecular weight is 210 g/mol. The number of aliphatic hydroxyl groups excluding tert-OH is 1. The molecule has 0 fully saturated rings. The molecule has 1 atom stereocenters. The third kappa shape index (κ3) is 3.55. The molecule has 0 aromatic carbocycles. The SMILES string of the molecule is CC(O)CCNc1ncccc1C(=O)O. The van der Waals surface area contributed by atoms with Crippen molar-refractivity contribution >= 4 is 11.8 Å². The van der Waals surface area contributed by atoms with Crippen LogP contribution in [0.5, 0.6) is 0 Å². The molecule has 0 saturated carbocycles. The van der Waals surface area contributed by atoms with E-state index < -0.39 is 12.1 Å². The molecule has 0 spiro atoms. The summed E-state index contributed by atoms with van der Waals surface area (Å²) in [6.07, 6.45) is 1.67. The molecule has 1 unspecified atom stereocenters. The maximum atomic E-state index is 10.8. The first-order valence-electron chi connectivity index (χ1n) is 4.71. The summed E-state index contributed by atoms with van der Waals surface area (Å²) in [7, 11) is 0. The fourth-order valence-electron chi connectivity index (χ4n) is 1.12. The van der Waals surface area contributed by atoms with Crippen LogP contribution in [0.2, 0.25) is 0 Å². The smallest absolute Gasteiger partial charge is 0.339 e. The Morgan fingerprint density at radius 2 is 2.40 bits per heavy atom. The second-order valence-electron chi connectivity index (χ2n) is 3.27. The van der Waals surface area contributed by atoms with Gasteiger partial charge < -0.3 is 15.5 Å². The topological polar surface area (TPSA) is 82.5 Å². The van der Waals surface area contributed by atoms with Gasteiger partial charge in [0, 0.05) is 12.7 Å². The number of anilines is 1. The van der Waals surface area contributed by atoms with Crippen molar-refractivity contribution in [2.45, 2.75) is 19.4 Å². The number of aromatic carboxylic acids is 1. The third-order valence-corrected chi connectivity index (χ3v) is 1.89. The fourth-order valence-corrected chi connectivity index (χ4v) is 1.12. The minimum absolute atomic E-state index is 0.142. The van der Waals surface area contributed by atoms with Gasteiger partial charge in [-0.2, -0.15) is 0 Å². The maximum Gasteiger partial charge on any atom is 0.339 e. The largest absolute Gasteiger partial charge is 0.478 e. The van der Waals surface area contributed by atoms with E-state index in [2.05, 4.69) is 10.3 Å². The normalized spacial score (nSPS) is 12.1. The van der Waals surface area contributed by atoms with Gasteiger partial charge in [0.05, 0.1) is 6.10 Å². The molecule has 1 heterocycles. The Morgan fingerprint density at radius 1 is 1.67 bits per heavy atom. The lowest BCUT2D eigenvalue weighted by Crippen LogP contribution is -2.13. The Hall–Kier alpha value is -1.62. The predicted octanol–water partition coefficient (Wildman–Crippen LogP) is 0.963. The van der Waals surface area contributed by atoms with Crippen molar-refractivity contribution in [3.63, 3.8) is 0 Å². The van der Waals surface area contributed by atoms with E-state index in [0.29, 0.717) is 18.8 Å². The second-order valence-corrected chi connectivity index (χ2v) is 3.27. The standard InChI is InChI=1S/C10H14N2O3/c1-7(13)4-6-12-9-8(10(14)15)3-2-5-11-9/h2-3,5,7,13H,4,6H2,1H3,(H,11,12)(H,14,15). The number of pyridine rings is 1. The van der Waals surface area contributed by atoms with Crippen molar-refractivity contribution in [2.24, 2.45) is 0 Å². The van der Waals surface area contributed by atoms with Gasteiger partial charge in [-0.1, -0.05) is 0 Å². The molecule has 0 aliphatic carbocycles. The van der Waals surface area contributed by atoms with E-state index in [1.165, 1.54) is 12.3 Å². The first-order chi connectivity index (χ1) is 7.11. The van der Waals surface area contributed by atoms with Crippen molar-refractivity contribution in [3.05, 3.63) is 23.9 Å². The summed E-state index contributed by atoms with van der Waals surface area (Å²) < 4.78 is 0. The number of carboxylic acids is 1. The summed E-state index contributed by atoms with van der Waals surface area (Å²) in [4.78, 5) is 14.7. The van der Waals surface area contributed by atoms with Crippen LogP contribution in [0.25, 0.3) is 0 Å². The van der Waals surface area contributed by atoms with Gasteiger partial charge >= 0.3 is 5.97 Å². The van der Waals surface area contributed by atoms with Gasteiger partial charge in [0.1, 0.15) is 11.4 Å². The molecule has 5 nitrogen and oxygen atoms in total. The van der Waals surface area contributed by atoms with Crippen molar-refractivity contribution in [1.82, 2.24) is 4.98 Å². The molecule has 0 aliphatic heterocycles. The van der Waals surface area contributed by atoms with Gasteiger partial charge in [-0.15, -0.1) is 0 Å². The molecule has 1 aromatic heterocycles. The summed E-state index contributed by atoms with van der Waals surface area (Å²) >= 11 is 0. The zero-order valence-corrected chi connectivity index (χ0v) is 8.47. The Bertz CT molecular complexity index is 339. The quantitative estimate of drug-likeness (QED) is 0.674. The summed E-state index contributed by atoms with van der Waals surface area (Å²) in [6, 6.07) is 3.06. The van der Waals surface area contributed by atoms with Crippen LogP contribution in [0.1, 0.15) is 23.7 Å². The van der Waals surface area contributed by atoms with Crippen molar-refractivity contribution in [1.29, 1.82) is 0 Å². The van der Waals surface area contributed by atoms with Gasteiger partial charge in [0.15, 0.2) is 0 Å². The fraction of sp³-hybridized carbons (Fsp3) is 0.400. The number of nitrogens with one attached hydrogen (secondary N) is 1. The molecule has 15 heavy (non-hydrogen) atoms. The summed E-state index contributed by atoms with van der Waals surface area (Å²) in [5, 5.41) is 20.8. The second kappa shape index (κ2) is 5.31. The zero-order valence-electron chi connectivity index (χ0n) is 8.47. The third-order valence-electron chi connectivity index (χ3n) is 1.89. The van der Waals surface area contributed by atoms with Crippen LogP contribution in [0.15, 0.2) is 18.3 Å². The molecule has 0 amide bonds. The molecule has 5 heteroatoms. The van der Waals surface area contributed by atoms with Crippen LogP contribution in [0, 0.1) is 0 Å². The molecule has 3 N–H and O–H groups in total. The highest BCUT2D eigenvalue weighted by molar-refractivity contribution is 5.92. The Kier molecular flexibility index (Phi) is 4.05. The van der Waals surface area contributed by atoms with E-state index in [-0.39, 0.29) is 5.56 Å². The monoisotopic (exact) mass is 210 g/mol. The highest BCUT2D eigenvalue weighted by Crippen LogP contribution is 2.11. The van der Waals surface area contributed by atoms with E-state index in [1.807, 2.05) is 0 Å². The van der Waals surface area contributed by atoms with Gasteiger partial charge in [-0.05, 0) is 25.5 Å². The first kappa shape index (κ1) is 11.5. The van der Waals surface area contributed by atoms with Crippen LogP contribution in [0.4, 0.5) is 5.82 Å². The number of carboxylic acid groups (broad SMARTS) is 1. The number of hydrogen-bond donors (Lipinski definition) is 3. The van der Waals surface area contributed by atoms with Gasteiger partial charge in [0.2, 0.25) is 0 Å². The molecule has 0 bridgehead atoms. The van der Waals surface area contributed by atoms with E-state index in [0.717, 1.165) is 0 Å². The lowest BCUT2D eigenvalue weighted by atomic mass is 10.2. The van der Waals surface area contributed by atoms with E-state index >= 15 is 0 Å². The molecule has 0 radical (unpaired) electrons. The van der Waals surface area contributed by atoms with Gasteiger partial charge in [-0.3, -0.25) is 0 Å². The molecule has 1 aromatic rings. The lowest BCUT2D eigenvalue weighted by Gasteiger charge is -2.08. The van der Waals surface area contributed by atoms with Gasteiger partial charge in [-0.25, -0.2) is 9.78 Å². The molecule has 0 aliphatic rings. The summed E-state index contributed by atoms with van der Waals surface area (Å²) in [6.45, 7) is 2.17. The van der Waals surface area contributed by atoms with E-state index in [1.54, 1.807) is 13.0 Å². The van der Waals surface area contributed by atoms with E-state index in [9.17, 15) is 4.79 Å². The minimum Gasteiger partial charge on any atom is -0.478 e. The predicted molar refractivity (Wildman–Crippen MR) is 56.0 cm³/mol. The first-order valence-corrected chi connectivity index (χ1v) is 4.71. The van der Waals surface area contributed by atoms with Gasteiger partial charge in [0.25, 0.3) is 0 Å². The number of hydrogen-bond acceptors (Lipinski definition) is 4. The number of aromatic nitrogens is 1.